The third-order valence-corrected chi connectivity index (χ3v) is 4.16. The van der Waals surface area contributed by atoms with E-state index < -0.39 is 0 Å². The summed E-state index contributed by atoms with van der Waals surface area (Å²) in [5, 5.41) is 0. The molecule has 0 aliphatic carbocycles. The fraction of sp³-hybridized carbons (Fsp3) is 0.111. The first-order chi connectivity index (χ1) is 9.24. The van der Waals surface area contributed by atoms with Crippen molar-refractivity contribution in [2.24, 2.45) is 0 Å². The second kappa shape index (κ2) is 5.02. The summed E-state index contributed by atoms with van der Waals surface area (Å²) in [5.74, 6) is 0. The van der Waals surface area contributed by atoms with Crippen LogP contribution in [-0.2, 0) is 0 Å². The number of aryl methyl sites for hydroxylation is 2. The highest BCUT2D eigenvalue weighted by Gasteiger charge is 2.06. The molecule has 0 saturated heterocycles. The molecule has 1 radical (unpaired) electrons. The first kappa shape index (κ1) is 12.2. The third kappa shape index (κ3) is 2.47. The minimum Gasteiger partial charge on any atom is -0.145 e. The summed E-state index contributed by atoms with van der Waals surface area (Å²) in [6.07, 6.45) is 0. The van der Waals surface area contributed by atoms with E-state index in [2.05, 4.69) is 68.4 Å². The van der Waals surface area contributed by atoms with Crippen molar-refractivity contribution in [2.75, 3.05) is 0 Å². The van der Waals surface area contributed by atoms with E-state index in [0.717, 1.165) is 0 Å². The van der Waals surface area contributed by atoms with Crippen molar-refractivity contribution >= 4 is 11.3 Å². The minimum absolute atomic E-state index is 1.24. The van der Waals surface area contributed by atoms with Gasteiger partial charge in [-0.25, -0.2) is 0 Å². The number of hydrogen-bond donors (Lipinski definition) is 0. The molecule has 1 heteroatoms. The lowest BCUT2D eigenvalue weighted by atomic mass is 10.0. The molecule has 0 aliphatic heterocycles. The highest BCUT2D eigenvalue weighted by atomic mass is 32.1. The average Bonchev–Trinajstić information content (AvgIpc) is 2.79. The first-order valence-electron chi connectivity index (χ1n) is 6.39. The predicted molar refractivity (Wildman–Crippen MR) is 83.5 cm³/mol. The zero-order valence-electron chi connectivity index (χ0n) is 11.1. The van der Waals surface area contributed by atoms with Gasteiger partial charge in [-0.3, -0.25) is 0 Å². The Labute approximate surface area is 118 Å². The van der Waals surface area contributed by atoms with Crippen LogP contribution in [0.3, 0.4) is 0 Å². The fourth-order valence-corrected chi connectivity index (χ4v) is 3.19. The Balaban J connectivity index is 1.98. The van der Waals surface area contributed by atoms with E-state index in [4.69, 9.17) is 0 Å². The lowest BCUT2D eigenvalue weighted by Gasteiger charge is -2.04. The predicted octanol–water partition coefficient (Wildman–Crippen LogP) is 5.50. The lowest BCUT2D eigenvalue weighted by molar-refractivity contribution is 1.55. The number of rotatable bonds is 2. The smallest absolute Gasteiger partial charge is 0.0102 e. The molecule has 1 heterocycles. The van der Waals surface area contributed by atoms with E-state index in [-0.39, 0.29) is 0 Å². The molecular formula is C18H15S. The van der Waals surface area contributed by atoms with Gasteiger partial charge in [-0.15, -0.1) is 11.3 Å². The van der Waals surface area contributed by atoms with Gasteiger partial charge in [0.1, 0.15) is 0 Å². The summed E-state index contributed by atoms with van der Waals surface area (Å²) in [4.78, 5) is 2.59. The molecular weight excluding hydrogens is 248 g/mol. The van der Waals surface area contributed by atoms with Crippen LogP contribution in [0.1, 0.15) is 9.75 Å². The van der Waals surface area contributed by atoms with E-state index in [9.17, 15) is 0 Å². The lowest BCUT2D eigenvalue weighted by Crippen LogP contribution is -1.80. The highest BCUT2D eigenvalue weighted by molar-refractivity contribution is 7.12. The summed E-state index contributed by atoms with van der Waals surface area (Å²) in [6, 6.07) is 22.7. The zero-order valence-corrected chi connectivity index (χ0v) is 11.9. The van der Waals surface area contributed by atoms with Gasteiger partial charge in [0, 0.05) is 21.4 Å². The molecule has 1 aromatic heterocycles. The Hall–Kier alpha value is -1.86. The molecule has 0 N–H and O–H groups in total. The van der Waals surface area contributed by atoms with Gasteiger partial charge in [-0.1, -0.05) is 54.6 Å². The Bertz CT molecular complexity index is 675. The minimum atomic E-state index is 1.24. The van der Waals surface area contributed by atoms with Crippen molar-refractivity contribution in [1.29, 1.82) is 0 Å². The van der Waals surface area contributed by atoms with Crippen molar-refractivity contribution < 1.29 is 0 Å². The normalized spacial score (nSPS) is 10.6. The summed E-state index contributed by atoms with van der Waals surface area (Å²) in [6.45, 7) is 4.27. The van der Waals surface area contributed by atoms with E-state index in [1.807, 2.05) is 17.4 Å². The van der Waals surface area contributed by atoms with E-state index >= 15 is 0 Å². The zero-order chi connectivity index (χ0) is 13.2. The SMILES string of the molecule is Cc1[c]c(-c2ccc(-c3ccccc3)cc2)c(C)s1. The molecule has 3 rings (SSSR count). The van der Waals surface area contributed by atoms with Crippen LogP contribution < -0.4 is 0 Å². The first-order valence-corrected chi connectivity index (χ1v) is 7.21. The molecule has 93 valence electrons. The van der Waals surface area contributed by atoms with Crippen molar-refractivity contribution in [3.05, 3.63) is 70.4 Å². The van der Waals surface area contributed by atoms with Crippen LogP contribution in [0.4, 0.5) is 0 Å². The summed E-state index contributed by atoms with van der Waals surface area (Å²) in [5.41, 5.74) is 5.01. The van der Waals surface area contributed by atoms with E-state index in [1.165, 1.54) is 32.0 Å². The van der Waals surface area contributed by atoms with Crippen LogP contribution in [0.5, 0.6) is 0 Å². The third-order valence-electron chi connectivity index (χ3n) is 3.24. The van der Waals surface area contributed by atoms with Crippen molar-refractivity contribution in [3.8, 4) is 22.3 Å². The maximum atomic E-state index is 3.44. The quantitative estimate of drug-likeness (QED) is 0.572. The van der Waals surface area contributed by atoms with Crippen molar-refractivity contribution in [2.45, 2.75) is 13.8 Å². The second-order valence-electron chi connectivity index (χ2n) is 4.66. The van der Waals surface area contributed by atoms with Gasteiger partial charge >= 0.3 is 0 Å². The molecule has 3 aromatic rings. The molecule has 0 saturated carbocycles. The van der Waals surface area contributed by atoms with Crippen LogP contribution in [0, 0.1) is 19.9 Å². The van der Waals surface area contributed by atoms with Gasteiger partial charge in [0.25, 0.3) is 0 Å². The number of thiophene rings is 1. The number of benzene rings is 2. The fourth-order valence-electron chi connectivity index (χ4n) is 2.31. The standard InChI is InChI=1S/C18H15S/c1-13-12-18(14(2)19-13)17-10-8-16(9-11-17)15-6-4-3-5-7-15/h3-11H,1-2H3. The molecule has 0 atom stereocenters. The van der Waals surface area contributed by atoms with E-state index in [1.54, 1.807) is 0 Å². The molecule has 0 unspecified atom stereocenters. The summed E-state index contributed by atoms with van der Waals surface area (Å²) < 4.78 is 0. The molecule has 0 fully saturated rings. The molecule has 19 heavy (non-hydrogen) atoms. The topological polar surface area (TPSA) is 0 Å². The molecule has 0 nitrogen and oxygen atoms in total. The molecule has 0 bridgehead atoms. The Morgan fingerprint density at radius 2 is 1.32 bits per heavy atom. The van der Waals surface area contributed by atoms with E-state index in [0.29, 0.717) is 0 Å². The van der Waals surface area contributed by atoms with Crippen LogP contribution in [0.15, 0.2) is 54.6 Å². The van der Waals surface area contributed by atoms with Gasteiger partial charge in [0.05, 0.1) is 0 Å². The van der Waals surface area contributed by atoms with Gasteiger partial charge in [-0.05, 0) is 30.5 Å². The monoisotopic (exact) mass is 263 g/mol. The van der Waals surface area contributed by atoms with Gasteiger partial charge in [0.15, 0.2) is 0 Å². The second-order valence-corrected chi connectivity index (χ2v) is 6.09. The van der Waals surface area contributed by atoms with Crippen molar-refractivity contribution in [3.63, 3.8) is 0 Å². The summed E-state index contributed by atoms with van der Waals surface area (Å²) >= 11 is 1.81. The van der Waals surface area contributed by atoms with Gasteiger partial charge in [0.2, 0.25) is 0 Å². The molecule has 2 aromatic carbocycles. The Kier molecular flexibility index (Phi) is 3.22. The molecule has 0 aliphatic rings. The van der Waals surface area contributed by atoms with Crippen LogP contribution >= 0.6 is 11.3 Å². The summed E-state index contributed by atoms with van der Waals surface area (Å²) in [7, 11) is 0. The van der Waals surface area contributed by atoms with Crippen molar-refractivity contribution in [1.82, 2.24) is 0 Å². The van der Waals surface area contributed by atoms with Gasteiger partial charge < -0.3 is 0 Å². The average molecular weight is 263 g/mol. The Morgan fingerprint density at radius 1 is 0.737 bits per heavy atom. The van der Waals surface area contributed by atoms with Crippen LogP contribution in [0.25, 0.3) is 22.3 Å². The molecule has 0 spiro atoms. The molecule has 0 amide bonds. The highest BCUT2D eigenvalue weighted by Crippen LogP contribution is 2.31. The largest absolute Gasteiger partial charge is 0.145 e. The van der Waals surface area contributed by atoms with Crippen LogP contribution in [0.2, 0.25) is 0 Å². The van der Waals surface area contributed by atoms with Gasteiger partial charge in [-0.2, -0.15) is 0 Å². The Morgan fingerprint density at radius 3 is 1.89 bits per heavy atom. The van der Waals surface area contributed by atoms with Crippen LogP contribution in [-0.4, -0.2) is 0 Å². The maximum absolute atomic E-state index is 3.44. The maximum Gasteiger partial charge on any atom is 0.0102 e. The number of hydrogen-bond acceptors (Lipinski definition) is 1.